The maximum absolute atomic E-state index is 13.5. The van der Waals surface area contributed by atoms with Gasteiger partial charge in [-0.2, -0.15) is 0 Å². The molecule has 0 spiro atoms. The van der Waals surface area contributed by atoms with Crippen LogP contribution in [0.5, 0.6) is 0 Å². The van der Waals surface area contributed by atoms with Crippen LogP contribution in [-0.2, 0) is 5.75 Å². The minimum absolute atomic E-state index is 0.253. The van der Waals surface area contributed by atoms with Gasteiger partial charge in [0.15, 0.2) is 0 Å². The Morgan fingerprint density at radius 3 is 2.56 bits per heavy atom. The molecule has 4 heteroatoms. The molecule has 92 valence electrons. The van der Waals surface area contributed by atoms with Crippen LogP contribution in [0, 0.1) is 5.82 Å². The van der Waals surface area contributed by atoms with Crippen molar-refractivity contribution in [2.45, 2.75) is 10.6 Å². The SMILES string of the molecule is O=Cc1ccc(SCc2cc(Cl)ccc2F)cc1. The van der Waals surface area contributed by atoms with E-state index in [0.717, 1.165) is 11.2 Å². The summed E-state index contributed by atoms with van der Waals surface area (Å²) >= 11 is 7.32. The van der Waals surface area contributed by atoms with Gasteiger partial charge in [0, 0.05) is 21.2 Å². The van der Waals surface area contributed by atoms with E-state index in [-0.39, 0.29) is 5.82 Å². The van der Waals surface area contributed by atoms with Gasteiger partial charge < -0.3 is 0 Å². The van der Waals surface area contributed by atoms with Crippen molar-refractivity contribution in [1.29, 1.82) is 0 Å². The van der Waals surface area contributed by atoms with Crippen molar-refractivity contribution < 1.29 is 9.18 Å². The molecule has 1 nitrogen and oxygen atoms in total. The summed E-state index contributed by atoms with van der Waals surface area (Å²) in [7, 11) is 0. The van der Waals surface area contributed by atoms with Gasteiger partial charge in [-0.15, -0.1) is 11.8 Å². The van der Waals surface area contributed by atoms with E-state index < -0.39 is 0 Å². The van der Waals surface area contributed by atoms with E-state index in [1.807, 2.05) is 12.1 Å². The van der Waals surface area contributed by atoms with E-state index in [2.05, 4.69) is 0 Å². The number of hydrogen-bond acceptors (Lipinski definition) is 2. The molecule has 0 aromatic heterocycles. The summed E-state index contributed by atoms with van der Waals surface area (Å²) in [6.45, 7) is 0. The Morgan fingerprint density at radius 1 is 1.17 bits per heavy atom. The molecule has 0 N–H and O–H groups in total. The predicted octanol–water partition coefficient (Wildman–Crippen LogP) is 4.58. The van der Waals surface area contributed by atoms with Gasteiger partial charge in [-0.25, -0.2) is 4.39 Å². The molecule has 0 aliphatic rings. The second-order valence-electron chi connectivity index (χ2n) is 3.71. The standard InChI is InChI=1S/C14H10ClFOS/c15-12-3-6-14(16)11(7-12)9-18-13-4-1-10(8-17)2-5-13/h1-8H,9H2. The molecule has 18 heavy (non-hydrogen) atoms. The molecule has 0 saturated carbocycles. The van der Waals surface area contributed by atoms with E-state index in [1.165, 1.54) is 23.9 Å². The van der Waals surface area contributed by atoms with Crippen molar-refractivity contribution >= 4 is 29.6 Å². The molecular weight excluding hydrogens is 271 g/mol. The quantitative estimate of drug-likeness (QED) is 0.602. The molecule has 0 amide bonds. The molecule has 0 bridgehead atoms. The third kappa shape index (κ3) is 3.34. The number of rotatable bonds is 4. The zero-order valence-electron chi connectivity index (χ0n) is 9.40. The summed E-state index contributed by atoms with van der Waals surface area (Å²) in [5, 5.41) is 0.531. The highest BCUT2D eigenvalue weighted by molar-refractivity contribution is 7.98. The Bertz CT molecular complexity index is 554. The monoisotopic (exact) mass is 280 g/mol. The summed E-state index contributed by atoms with van der Waals surface area (Å²) in [6.07, 6.45) is 0.797. The van der Waals surface area contributed by atoms with Crippen LogP contribution in [0.2, 0.25) is 5.02 Å². The molecule has 0 aliphatic carbocycles. The molecule has 2 aromatic rings. The van der Waals surface area contributed by atoms with Gasteiger partial charge in [0.05, 0.1) is 0 Å². The van der Waals surface area contributed by atoms with Crippen LogP contribution in [0.15, 0.2) is 47.4 Å². The van der Waals surface area contributed by atoms with Crippen molar-refractivity contribution in [1.82, 2.24) is 0 Å². The van der Waals surface area contributed by atoms with Gasteiger partial charge in [-0.3, -0.25) is 4.79 Å². The largest absolute Gasteiger partial charge is 0.298 e. The number of halogens is 2. The van der Waals surface area contributed by atoms with Gasteiger partial charge >= 0.3 is 0 Å². The number of carbonyl (C=O) groups excluding carboxylic acids is 1. The fourth-order valence-electron chi connectivity index (χ4n) is 1.46. The molecule has 0 aliphatic heterocycles. The lowest BCUT2D eigenvalue weighted by atomic mass is 10.2. The van der Waals surface area contributed by atoms with E-state index in [4.69, 9.17) is 11.6 Å². The third-order valence-corrected chi connectivity index (χ3v) is 3.71. The van der Waals surface area contributed by atoms with E-state index in [0.29, 0.717) is 21.9 Å². The topological polar surface area (TPSA) is 17.1 Å². The Labute approximate surface area is 114 Å². The molecule has 0 heterocycles. The third-order valence-electron chi connectivity index (χ3n) is 2.42. The van der Waals surface area contributed by atoms with Crippen molar-refractivity contribution in [2.75, 3.05) is 0 Å². The van der Waals surface area contributed by atoms with Crippen molar-refractivity contribution in [3.05, 3.63) is 64.4 Å². The zero-order valence-corrected chi connectivity index (χ0v) is 11.0. The van der Waals surface area contributed by atoms with Gasteiger partial charge in [-0.1, -0.05) is 23.7 Å². The summed E-state index contributed by atoms with van der Waals surface area (Å²) in [4.78, 5) is 11.5. The van der Waals surface area contributed by atoms with Crippen molar-refractivity contribution in [3.8, 4) is 0 Å². The molecular formula is C14H10ClFOS. The summed E-state index contributed by atoms with van der Waals surface area (Å²) < 4.78 is 13.5. The van der Waals surface area contributed by atoms with Crippen molar-refractivity contribution in [2.24, 2.45) is 0 Å². The van der Waals surface area contributed by atoms with Gasteiger partial charge in [-0.05, 0) is 35.9 Å². The fourth-order valence-corrected chi connectivity index (χ4v) is 2.52. The molecule has 0 atom stereocenters. The first-order valence-electron chi connectivity index (χ1n) is 5.31. The van der Waals surface area contributed by atoms with Crippen molar-refractivity contribution in [3.63, 3.8) is 0 Å². The Kier molecular flexibility index (Phi) is 4.39. The van der Waals surface area contributed by atoms with Crippen LogP contribution in [0.1, 0.15) is 15.9 Å². The highest BCUT2D eigenvalue weighted by Crippen LogP contribution is 2.25. The van der Waals surface area contributed by atoms with Crippen LogP contribution < -0.4 is 0 Å². The van der Waals surface area contributed by atoms with Crippen LogP contribution in [-0.4, -0.2) is 6.29 Å². The smallest absolute Gasteiger partial charge is 0.150 e. The predicted molar refractivity (Wildman–Crippen MR) is 72.8 cm³/mol. The van der Waals surface area contributed by atoms with Gasteiger partial charge in [0.25, 0.3) is 0 Å². The number of benzene rings is 2. The maximum Gasteiger partial charge on any atom is 0.150 e. The zero-order chi connectivity index (χ0) is 13.0. The lowest BCUT2D eigenvalue weighted by Gasteiger charge is -2.04. The fraction of sp³-hybridized carbons (Fsp3) is 0.0714. The average Bonchev–Trinajstić information content (AvgIpc) is 2.40. The second-order valence-corrected chi connectivity index (χ2v) is 5.20. The van der Waals surface area contributed by atoms with Gasteiger partial charge in [0.1, 0.15) is 12.1 Å². The Hall–Kier alpha value is -1.32. The minimum Gasteiger partial charge on any atom is -0.298 e. The second kappa shape index (κ2) is 6.03. The van der Waals surface area contributed by atoms with E-state index in [9.17, 15) is 9.18 Å². The number of hydrogen-bond donors (Lipinski definition) is 0. The Balaban J connectivity index is 2.06. The maximum atomic E-state index is 13.5. The molecule has 0 saturated heterocycles. The summed E-state index contributed by atoms with van der Waals surface area (Å²) in [5.74, 6) is 0.253. The van der Waals surface area contributed by atoms with Crippen LogP contribution >= 0.6 is 23.4 Å². The molecule has 0 radical (unpaired) electrons. The Morgan fingerprint density at radius 2 is 1.89 bits per heavy atom. The van der Waals surface area contributed by atoms with E-state index >= 15 is 0 Å². The first-order valence-corrected chi connectivity index (χ1v) is 6.67. The van der Waals surface area contributed by atoms with Crippen LogP contribution in [0.25, 0.3) is 0 Å². The average molecular weight is 281 g/mol. The van der Waals surface area contributed by atoms with Crippen LogP contribution in [0.3, 0.4) is 0 Å². The number of thioether (sulfide) groups is 1. The lowest BCUT2D eigenvalue weighted by Crippen LogP contribution is -1.87. The lowest BCUT2D eigenvalue weighted by molar-refractivity contribution is 0.112. The number of carbonyl (C=O) groups is 1. The van der Waals surface area contributed by atoms with Gasteiger partial charge in [0.2, 0.25) is 0 Å². The molecule has 2 rings (SSSR count). The highest BCUT2D eigenvalue weighted by atomic mass is 35.5. The minimum atomic E-state index is -0.253. The first kappa shape index (κ1) is 13.1. The van der Waals surface area contributed by atoms with Crippen LogP contribution in [0.4, 0.5) is 4.39 Å². The number of aldehydes is 1. The normalized spacial score (nSPS) is 10.3. The molecule has 0 fully saturated rings. The molecule has 2 aromatic carbocycles. The summed E-state index contributed by atoms with van der Waals surface area (Å²) in [5.41, 5.74) is 1.21. The molecule has 0 unspecified atom stereocenters. The summed E-state index contributed by atoms with van der Waals surface area (Å²) in [6, 6.07) is 11.7. The van der Waals surface area contributed by atoms with E-state index in [1.54, 1.807) is 18.2 Å². The highest BCUT2D eigenvalue weighted by Gasteiger charge is 2.04. The first-order chi connectivity index (χ1) is 8.69.